The van der Waals surface area contributed by atoms with E-state index in [1.165, 1.54) is 11.5 Å². The van der Waals surface area contributed by atoms with Crippen molar-refractivity contribution in [3.8, 4) is 0 Å². The molecule has 1 rings (SSSR count). The molecule has 0 aromatic carbocycles. The lowest BCUT2D eigenvalue weighted by molar-refractivity contribution is -0.142. The summed E-state index contributed by atoms with van der Waals surface area (Å²) < 4.78 is 0. The summed E-state index contributed by atoms with van der Waals surface area (Å²) in [5, 5.41) is 8.82. The van der Waals surface area contributed by atoms with Crippen LogP contribution in [0.15, 0.2) is 0 Å². The minimum atomic E-state index is -0.735. The first-order chi connectivity index (χ1) is 6.24. The highest BCUT2D eigenvalue weighted by Gasteiger charge is 2.22. The van der Waals surface area contributed by atoms with Crippen LogP contribution in [0.1, 0.15) is 19.3 Å². The summed E-state index contributed by atoms with van der Waals surface area (Å²) in [7, 11) is 0. The number of carboxylic acids is 1. The highest BCUT2D eigenvalue weighted by molar-refractivity contribution is 7.99. The van der Waals surface area contributed by atoms with E-state index in [-0.39, 0.29) is 12.5 Å². The van der Waals surface area contributed by atoms with Crippen molar-refractivity contribution in [2.24, 2.45) is 17.6 Å². The van der Waals surface area contributed by atoms with Gasteiger partial charge in [-0.3, -0.25) is 4.79 Å². The number of carbonyl (C=O) groups is 1. The number of aliphatic carboxylic acids is 1. The van der Waals surface area contributed by atoms with Crippen LogP contribution in [0.25, 0.3) is 0 Å². The summed E-state index contributed by atoms with van der Waals surface area (Å²) in [6.45, 7) is 0.277. The van der Waals surface area contributed by atoms with Gasteiger partial charge in [0.25, 0.3) is 0 Å². The zero-order chi connectivity index (χ0) is 9.68. The Balaban J connectivity index is 2.31. The van der Waals surface area contributed by atoms with Gasteiger partial charge in [0.05, 0.1) is 5.92 Å². The van der Waals surface area contributed by atoms with Gasteiger partial charge in [0.15, 0.2) is 0 Å². The van der Waals surface area contributed by atoms with Crippen LogP contribution in [0.4, 0.5) is 0 Å². The Morgan fingerprint density at radius 1 is 1.54 bits per heavy atom. The molecular weight excluding hydrogens is 186 g/mol. The molecule has 0 amide bonds. The second kappa shape index (κ2) is 5.50. The van der Waals surface area contributed by atoms with E-state index in [1.807, 2.05) is 11.8 Å². The van der Waals surface area contributed by atoms with Crippen LogP contribution < -0.4 is 5.73 Å². The largest absolute Gasteiger partial charge is 0.481 e. The summed E-state index contributed by atoms with van der Waals surface area (Å²) >= 11 is 1.96. The van der Waals surface area contributed by atoms with Gasteiger partial charge in [0.2, 0.25) is 0 Å². The maximum absolute atomic E-state index is 10.7. The number of hydrogen-bond donors (Lipinski definition) is 2. The molecule has 1 unspecified atom stereocenters. The van der Waals surface area contributed by atoms with Gasteiger partial charge in [-0.05, 0) is 36.7 Å². The Bertz CT molecular complexity index is 169. The summed E-state index contributed by atoms with van der Waals surface area (Å²) in [5.74, 6) is 1.89. The quantitative estimate of drug-likeness (QED) is 0.720. The van der Waals surface area contributed by atoms with Crippen molar-refractivity contribution >= 4 is 17.7 Å². The van der Waals surface area contributed by atoms with E-state index < -0.39 is 5.97 Å². The molecule has 0 radical (unpaired) electrons. The third-order valence-electron chi connectivity index (χ3n) is 2.59. The molecule has 0 spiro atoms. The Kier molecular flexibility index (Phi) is 4.59. The lowest BCUT2D eigenvalue weighted by atomic mass is 9.90. The molecule has 0 aliphatic carbocycles. The minimum Gasteiger partial charge on any atom is -0.481 e. The van der Waals surface area contributed by atoms with E-state index in [4.69, 9.17) is 10.8 Å². The van der Waals surface area contributed by atoms with E-state index in [0.29, 0.717) is 5.92 Å². The number of rotatable bonds is 4. The Morgan fingerprint density at radius 3 is 2.62 bits per heavy atom. The predicted octanol–water partition coefficient (Wildman–Crippen LogP) is 1.18. The van der Waals surface area contributed by atoms with Crippen molar-refractivity contribution < 1.29 is 9.90 Å². The van der Waals surface area contributed by atoms with Crippen LogP contribution in [-0.4, -0.2) is 29.1 Å². The molecule has 1 aliphatic rings. The van der Waals surface area contributed by atoms with Crippen molar-refractivity contribution in [1.82, 2.24) is 0 Å². The third kappa shape index (κ3) is 3.56. The topological polar surface area (TPSA) is 63.3 Å². The third-order valence-corrected chi connectivity index (χ3v) is 3.64. The van der Waals surface area contributed by atoms with Gasteiger partial charge in [-0.1, -0.05) is 0 Å². The van der Waals surface area contributed by atoms with Gasteiger partial charge >= 0.3 is 5.97 Å². The number of nitrogens with two attached hydrogens (primary N) is 1. The number of hydrogen-bond acceptors (Lipinski definition) is 3. The average Bonchev–Trinajstić information content (AvgIpc) is 2.15. The fourth-order valence-electron chi connectivity index (χ4n) is 1.68. The van der Waals surface area contributed by atoms with Crippen molar-refractivity contribution in [3.05, 3.63) is 0 Å². The minimum absolute atomic E-state index is 0.277. The second-order valence-electron chi connectivity index (χ2n) is 3.56. The first-order valence-corrected chi connectivity index (χ1v) is 5.90. The van der Waals surface area contributed by atoms with E-state index >= 15 is 0 Å². The molecule has 1 saturated heterocycles. The van der Waals surface area contributed by atoms with Gasteiger partial charge in [-0.15, -0.1) is 0 Å². The summed E-state index contributed by atoms with van der Waals surface area (Å²) in [6.07, 6.45) is 3.09. The molecule has 1 aliphatic heterocycles. The van der Waals surface area contributed by atoms with Crippen LogP contribution >= 0.6 is 11.8 Å². The van der Waals surface area contributed by atoms with E-state index in [0.717, 1.165) is 19.3 Å². The van der Waals surface area contributed by atoms with E-state index in [2.05, 4.69) is 0 Å². The van der Waals surface area contributed by atoms with Crippen molar-refractivity contribution in [2.75, 3.05) is 18.1 Å². The van der Waals surface area contributed by atoms with Crippen molar-refractivity contribution in [3.63, 3.8) is 0 Å². The molecule has 1 atom stereocenters. The molecule has 0 aromatic heterocycles. The average molecular weight is 203 g/mol. The monoisotopic (exact) mass is 203 g/mol. The normalized spacial score (nSPS) is 21.3. The zero-order valence-electron chi connectivity index (χ0n) is 7.74. The summed E-state index contributed by atoms with van der Waals surface area (Å²) in [5.41, 5.74) is 5.40. The second-order valence-corrected chi connectivity index (χ2v) is 4.79. The van der Waals surface area contributed by atoms with Crippen LogP contribution in [0.2, 0.25) is 0 Å². The first kappa shape index (κ1) is 10.9. The Hall–Kier alpha value is -0.220. The molecule has 3 N–H and O–H groups in total. The molecule has 76 valence electrons. The van der Waals surface area contributed by atoms with Crippen LogP contribution in [0, 0.1) is 11.8 Å². The zero-order valence-corrected chi connectivity index (χ0v) is 8.55. The fraction of sp³-hybridized carbons (Fsp3) is 0.889. The van der Waals surface area contributed by atoms with Gasteiger partial charge in [-0.2, -0.15) is 11.8 Å². The van der Waals surface area contributed by atoms with Crippen molar-refractivity contribution in [1.29, 1.82) is 0 Å². The molecule has 1 heterocycles. The fourth-order valence-corrected chi connectivity index (χ4v) is 2.89. The molecule has 13 heavy (non-hydrogen) atoms. The van der Waals surface area contributed by atoms with E-state index in [9.17, 15) is 4.79 Å². The summed E-state index contributed by atoms with van der Waals surface area (Å²) in [6, 6.07) is 0. The highest BCUT2D eigenvalue weighted by atomic mass is 32.2. The standard InChI is InChI=1S/C9H17NO2S/c10-6-8(9(11)12)5-7-1-3-13-4-2-7/h7-8H,1-6,10H2,(H,11,12). The lowest BCUT2D eigenvalue weighted by Crippen LogP contribution is -2.27. The van der Waals surface area contributed by atoms with E-state index in [1.54, 1.807) is 0 Å². The number of thioether (sulfide) groups is 1. The first-order valence-electron chi connectivity index (χ1n) is 4.74. The smallest absolute Gasteiger partial charge is 0.307 e. The van der Waals surface area contributed by atoms with Gasteiger partial charge in [0.1, 0.15) is 0 Å². The molecule has 0 bridgehead atoms. The van der Waals surface area contributed by atoms with Crippen molar-refractivity contribution in [2.45, 2.75) is 19.3 Å². The molecule has 3 nitrogen and oxygen atoms in total. The Morgan fingerprint density at radius 2 is 2.15 bits per heavy atom. The van der Waals surface area contributed by atoms with Crippen LogP contribution in [0.3, 0.4) is 0 Å². The molecule has 0 saturated carbocycles. The number of carboxylic acid groups (broad SMARTS) is 1. The molecule has 1 fully saturated rings. The maximum atomic E-state index is 10.7. The van der Waals surface area contributed by atoms with Gasteiger partial charge in [-0.25, -0.2) is 0 Å². The van der Waals surface area contributed by atoms with Gasteiger partial charge < -0.3 is 10.8 Å². The highest BCUT2D eigenvalue weighted by Crippen LogP contribution is 2.27. The Labute approximate surface area is 83.1 Å². The van der Waals surface area contributed by atoms with Crippen LogP contribution in [-0.2, 0) is 4.79 Å². The molecular formula is C9H17NO2S. The maximum Gasteiger partial charge on any atom is 0.307 e. The molecule has 4 heteroatoms. The van der Waals surface area contributed by atoms with Crippen LogP contribution in [0.5, 0.6) is 0 Å². The molecule has 0 aromatic rings. The lowest BCUT2D eigenvalue weighted by Gasteiger charge is -2.23. The SMILES string of the molecule is NCC(CC1CCSCC1)C(=O)O. The van der Waals surface area contributed by atoms with Gasteiger partial charge in [0, 0.05) is 6.54 Å². The summed E-state index contributed by atoms with van der Waals surface area (Å²) in [4.78, 5) is 10.7. The predicted molar refractivity (Wildman–Crippen MR) is 54.8 cm³/mol.